The van der Waals surface area contributed by atoms with Crippen molar-refractivity contribution in [2.75, 3.05) is 14.1 Å². The van der Waals surface area contributed by atoms with E-state index in [4.69, 9.17) is 4.74 Å². The molecule has 212 valence electrons. The van der Waals surface area contributed by atoms with Crippen LogP contribution >= 0.6 is 0 Å². The molecule has 2 aromatic carbocycles. The van der Waals surface area contributed by atoms with Gasteiger partial charge >= 0.3 is 5.97 Å². The van der Waals surface area contributed by atoms with Gasteiger partial charge in [0.05, 0.1) is 6.04 Å². The molecule has 3 aliphatic rings. The maximum absolute atomic E-state index is 15.8. The summed E-state index contributed by atoms with van der Waals surface area (Å²) in [6.07, 6.45) is 0.973. The minimum Gasteiger partial charge on any atom is -0.450 e. The molecule has 0 spiro atoms. The average molecular weight is 568 g/mol. The van der Waals surface area contributed by atoms with Crippen molar-refractivity contribution in [1.29, 1.82) is 0 Å². The first-order chi connectivity index (χ1) is 18.1. The number of amides is 1. The van der Waals surface area contributed by atoms with Crippen LogP contribution in [0.2, 0.25) is 0 Å². The van der Waals surface area contributed by atoms with Crippen LogP contribution in [0.1, 0.15) is 39.2 Å². The van der Waals surface area contributed by atoms with Crippen LogP contribution in [0, 0.1) is 23.4 Å². The highest BCUT2D eigenvalue weighted by Crippen LogP contribution is 2.45. The first-order valence-corrected chi connectivity index (χ1v) is 14.0. The number of halogens is 3. The summed E-state index contributed by atoms with van der Waals surface area (Å²) in [4.78, 5) is 27.0. The van der Waals surface area contributed by atoms with Gasteiger partial charge in [-0.15, -0.1) is 0 Å². The second-order valence-corrected chi connectivity index (χ2v) is 12.8. The highest BCUT2D eigenvalue weighted by Gasteiger charge is 2.56. The van der Waals surface area contributed by atoms with E-state index in [0.717, 1.165) is 16.4 Å². The Balaban J connectivity index is 1.77. The van der Waals surface area contributed by atoms with E-state index in [9.17, 15) is 26.8 Å². The van der Waals surface area contributed by atoms with Crippen LogP contribution < -0.4 is 4.72 Å². The SMILES string of the molecule is CC(=O)OC(C)(C)C(=O)N1C2CC(C2)[C@H](NS(=O)(=O)N(C)C)[C@@H]1Cc1cccc(-c2cc(F)cc(F)c2)c1F. The maximum atomic E-state index is 15.8. The highest BCUT2D eigenvalue weighted by molar-refractivity contribution is 7.87. The monoisotopic (exact) mass is 567 g/mol. The summed E-state index contributed by atoms with van der Waals surface area (Å²) in [5, 5.41) is 0. The molecule has 0 aromatic heterocycles. The number of esters is 1. The van der Waals surface area contributed by atoms with Crippen LogP contribution in [-0.2, 0) is 31.0 Å². The van der Waals surface area contributed by atoms with Crippen molar-refractivity contribution in [2.24, 2.45) is 5.92 Å². The molecule has 2 atom stereocenters. The zero-order valence-corrected chi connectivity index (χ0v) is 23.2. The van der Waals surface area contributed by atoms with Crippen LogP contribution in [0.15, 0.2) is 36.4 Å². The third-order valence-electron chi connectivity index (χ3n) is 7.42. The van der Waals surface area contributed by atoms with Gasteiger partial charge in [-0.25, -0.2) is 13.2 Å². The normalized spacial score (nSPS) is 22.9. The van der Waals surface area contributed by atoms with Gasteiger partial charge in [-0.3, -0.25) is 9.59 Å². The topological polar surface area (TPSA) is 96.0 Å². The molecule has 2 bridgehead atoms. The number of ether oxygens (including phenoxy) is 1. The Morgan fingerprint density at radius 1 is 1.10 bits per heavy atom. The number of carbonyl (C=O) groups is 2. The first-order valence-electron chi connectivity index (χ1n) is 12.6. The third kappa shape index (κ3) is 5.82. The fraction of sp³-hybridized carbons (Fsp3) is 0.481. The van der Waals surface area contributed by atoms with Crippen molar-refractivity contribution in [3.05, 3.63) is 59.4 Å². The van der Waals surface area contributed by atoms with Gasteiger partial charge in [0.1, 0.15) is 17.5 Å². The Kier molecular flexibility index (Phi) is 7.85. The Morgan fingerprint density at radius 3 is 2.28 bits per heavy atom. The summed E-state index contributed by atoms with van der Waals surface area (Å²) in [5.41, 5.74) is -1.43. The van der Waals surface area contributed by atoms with E-state index in [1.165, 1.54) is 58.0 Å². The standard InChI is InChI=1S/C27H32F3N3O5S/c1-15(34)38-27(2,3)26(35)33-21-11-18(12-21)25(31-39(36,37)32(4)5)23(33)13-16-7-6-8-22(24(16)30)17-9-19(28)14-20(29)10-17/h6-10,14,18,21,23,25,31H,11-13H2,1-5H3/t18?,21?,23-,25-/m0/s1. The molecule has 2 heterocycles. The molecule has 2 aromatic rings. The minimum absolute atomic E-state index is 0.00660. The number of hydrogen-bond donors (Lipinski definition) is 1. The summed E-state index contributed by atoms with van der Waals surface area (Å²) in [7, 11) is -1.18. The van der Waals surface area contributed by atoms with Crippen LogP contribution in [0.4, 0.5) is 13.2 Å². The summed E-state index contributed by atoms with van der Waals surface area (Å²) in [6.45, 7) is 4.10. The summed E-state index contributed by atoms with van der Waals surface area (Å²) in [5.74, 6) is -3.72. The molecule has 1 N–H and O–H groups in total. The van der Waals surface area contributed by atoms with Gasteiger partial charge in [0.25, 0.3) is 16.1 Å². The highest BCUT2D eigenvalue weighted by atomic mass is 32.2. The van der Waals surface area contributed by atoms with Crippen LogP contribution in [-0.4, -0.2) is 67.3 Å². The van der Waals surface area contributed by atoms with Crippen LogP contribution in [0.3, 0.4) is 0 Å². The van der Waals surface area contributed by atoms with Gasteiger partial charge in [0.15, 0.2) is 5.60 Å². The fourth-order valence-corrected chi connectivity index (χ4v) is 6.42. The lowest BCUT2D eigenvalue weighted by Crippen LogP contribution is -2.72. The van der Waals surface area contributed by atoms with Crippen molar-refractivity contribution < 1.29 is 35.9 Å². The van der Waals surface area contributed by atoms with E-state index in [2.05, 4.69) is 4.72 Å². The van der Waals surface area contributed by atoms with Gasteiger partial charge < -0.3 is 9.64 Å². The van der Waals surface area contributed by atoms with Gasteiger partial charge in [-0.1, -0.05) is 18.2 Å². The Hall–Kier alpha value is -2.96. The molecule has 2 saturated heterocycles. The number of hydrogen-bond acceptors (Lipinski definition) is 5. The van der Waals surface area contributed by atoms with E-state index in [1.54, 1.807) is 0 Å². The Labute approximate surface area is 226 Å². The molecule has 8 nitrogen and oxygen atoms in total. The predicted octanol–water partition coefficient (Wildman–Crippen LogP) is 3.41. The van der Waals surface area contributed by atoms with Gasteiger partial charge in [-0.2, -0.15) is 17.4 Å². The Bertz CT molecular complexity index is 1370. The third-order valence-corrected chi connectivity index (χ3v) is 8.95. The molecule has 39 heavy (non-hydrogen) atoms. The minimum atomic E-state index is -3.92. The largest absolute Gasteiger partial charge is 0.450 e. The molecular weight excluding hydrogens is 535 g/mol. The quantitative estimate of drug-likeness (QED) is 0.494. The van der Waals surface area contributed by atoms with Gasteiger partial charge in [0, 0.05) is 44.7 Å². The zero-order valence-electron chi connectivity index (χ0n) is 22.4. The predicted molar refractivity (Wildman–Crippen MR) is 138 cm³/mol. The molecule has 1 saturated carbocycles. The van der Waals surface area contributed by atoms with Gasteiger partial charge in [0.2, 0.25) is 0 Å². The molecule has 1 aliphatic carbocycles. The van der Waals surface area contributed by atoms with Crippen molar-refractivity contribution >= 4 is 22.1 Å². The molecule has 12 heteroatoms. The van der Waals surface area contributed by atoms with Crippen molar-refractivity contribution in [3.8, 4) is 11.1 Å². The number of benzene rings is 2. The van der Waals surface area contributed by atoms with E-state index < -0.39 is 57.2 Å². The first kappa shape index (κ1) is 29.0. The van der Waals surface area contributed by atoms with Crippen LogP contribution in [0.5, 0.6) is 0 Å². The van der Waals surface area contributed by atoms with E-state index in [0.29, 0.717) is 18.9 Å². The molecular formula is C27H32F3N3O5S. The lowest BCUT2D eigenvalue weighted by atomic mass is 9.66. The van der Waals surface area contributed by atoms with Crippen LogP contribution in [0.25, 0.3) is 11.1 Å². The lowest BCUT2D eigenvalue weighted by Gasteiger charge is -2.59. The summed E-state index contributed by atoms with van der Waals surface area (Å²) >= 11 is 0. The lowest BCUT2D eigenvalue weighted by molar-refractivity contribution is -0.179. The Morgan fingerprint density at radius 2 is 1.72 bits per heavy atom. The van der Waals surface area contributed by atoms with Gasteiger partial charge in [-0.05, 0) is 62.3 Å². The van der Waals surface area contributed by atoms with Crippen molar-refractivity contribution in [3.63, 3.8) is 0 Å². The number of nitrogens with one attached hydrogen (secondary N) is 1. The van der Waals surface area contributed by atoms with E-state index in [-0.39, 0.29) is 35.1 Å². The number of rotatable bonds is 8. The zero-order chi connectivity index (χ0) is 28.9. The molecule has 0 radical (unpaired) electrons. The van der Waals surface area contributed by atoms with Crippen molar-refractivity contribution in [1.82, 2.24) is 13.9 Å². The molecule has 1 amide bonds. The number of fused-ring (bicyclic) bond motifs is 2. The summed E-state index contributed by atoms with van der Waals surface area (Å²) in [6, 6.07) is 5.33. The summed E-state index contributed by atoms with van der Waals surface area (Å²) < 4.78 is 78.3. The molecule has 3 fully saturated rings. The van der Waals surface area contributed by atoms with E-state index >= 15 is 4.39 Å². The number of piperidine rings is 2. The van der Waals surface area contributed by atoms with Crippen molar-refractivity contribution in [2.45, 2.75) is 63.8 Å². The maximum Gasteiger partial charge on any atom is 0.303 e. The molecule has 5 rings (SSSR count). The second kappa shape index (κ2) is 10.5. The van der Waals surface area contributed by atoms with E-state index in [1.807, 2.05) is 0 Å². The fourth-order valence-electron chi connectivity index (χ4n) is 5.51. The molecule has 0 unspecified atom stereocenters. The number of nitrogens with zero attached hydrogens (tertiary/aromatic N) is 2. The second-order valence-electron chi connectivity index (χ2n) is 10.8. The molecule has 2 aliphatic heterocycles. The average Bonchev–Trinajstić information content (AvgIpc) is 2.78. The number of carbonyl (C=O) groups excluding carboxylic acids is 2. The smallest absolute Gasteiger partial charge is 0.303 e.